The van der Waals surface area contributed by atoms with Gasteiger partial charge < -0.3 is 0 Å². The molecule has 4 aromatic rings. The summed E-state index contributed by atoms with van der Waals surface area (Å²) < 4.78 is 9.68. The third kappa shape index (κ3) is 4.92. The molecule has 0 saturated heterocycles. The summed E-state index contributed by atoms with van der Waals surface area (Å²) in [6.45, 7) is 0. The summed E-state index contributed by atoms with van der Waals surface area (Å²) in [6, 6.07) is 36.5. The molecule has 0 atom stereocenters. The molecule has 0 spiro atoms. The van der Waals surface area contributed by atoms with Crippen molar-refractivity contribution in [2.45, 2.75) is 25.7 Å². The first-order valence-corrected chi connectivity index (χ1v) is 15.3. The first-order chi connectivity index (χ1) is 19.3. The van der Waals surface area contributed by atoms with Gasteiger partial charge in [-0.25, -0.2) is 0 Å². The van der Waals surface area contributed by atoms with E-state index in [-0.39, 0.29) is 0 Å². The first kappa shape index (κ1) is 24.0. The number of nitrogens with zero attached hydrogens (tertiary/aromatic N) is 1. The molecule has 0 fully saturated rings. The van der Waals surface area contributed by atoms with Crippen LogP contribution in [0.25, 0.3) is 6.08 Å². The Morgan fingerprint density at radius 1 is 0.718 bits per heavy atom. The van der Waals surface area contributed by atoms with Crippen molar-refractivity contribution in [1.29, 1.82) is 0 Å². The average Bonchev–Trinajstić information content (AvgIpc) is 3.00. The molecule has 0 aromatic heterocycles. The minimum atomic E-state index is 0.358. The molecule has 2 heterocycles. The van der Waals surface area contributed by atoms with Crippen LogP contribution in [0.15, 0.2) is 143 Å². The van der Waals surface area contributed by atoms with E-state index >= 15 is 0 Å². The van der Waals surface area contributed by atoms with Crippen molar-refractivity contribution in [3.63, 3.8) is 0 Å². The average molecular weight is 571 g/mol. The topological polar surface area (TPSA) is 12.5 Å². The molecular weight excluding hydrogens is 541 g/mol. The quantitative estimate of drug-likeness (QED) is 0.224. The summed E-state index contributed by atoms with van der Waals surface area (Å²) in [6.07, 6.45) is 13.7. The van der Waals surface area contributed by atoms with E-state index in [1.165, 1.54) is 25.6 Å². The Labute approximate surface area is 236 Å². The van der Waals surface area contributed by atoms with Crippen LogP contribution in [0, 0.1) is 0 Å². The van der Waals surface area contributed by atoms with E-state index in [9.17, 15) is 0 Å². The monoisotopic (exact) mass is 571 g/mol. The predicted molar refractivity (Wildman–Crippen MR) is 163 cm³/mol. The zero-order chi connectivity index (χ0) is 26.0. The van der Waals surface area contributed by atoms with Crippen LogP contribution in [0.4, 0.5) is 17.1 Å². The standard InChI is InChI=1S/C36H29NOSe/c1-3-13-30(14-4-1)37(31-15-5-2-6-16-31)32-21-18-28-24-29-12-9-11-27(36(29)38-34(28)25-32)20-23-33-22-19-26-10-7-8-17-35(26)39-33/h1-8,10,13-18,20-25H,9,11-12,19H2. The van der Waals surface area contributed by atoms with E-state index in [0.29, 0.717) is 15.0 Å². The second kappa shape index (κ2) is 10.6. The van der Waals surface area contributed by atoms with Crippen LogP contribution in [-0.4, -0.2) is 15.0 Å². The Morgan fingerprint density at radius 2 is 1.46 bits per heavy atom. The molecule has 190 valence electrons. The van der Waals surface area contributed by atoms with Crippen molar-refractivity contribution in [3.05, 3.63) is 154 Å². The van der Waals surface area contributed by atoms with Gasteiger partial charge in [0.25, 0.3) is 0 Å². The Bertz CT molecular complexity index is 1610. The van der Waals surface area contributed by atoms with Crippen molar-refractivity contribution in [2.75, 3.05) is 4.90 Å². The van der Waals surface area contributed by atoms with Gasteiger partial charge in [0.05, 0.1) is 0 Å². The minimum absolute atomic E-state index is 0.358. The van der Waals surface area contributed by atoms with Crippen molar-refractivity contribution in [1.82, 2.24) is 0 Å². The molecule has 2 nitrogen and oxygen atoms in total. The van der Waals surface area contributed by atoms with Crippen molar-refractivity contribution < 1.29 is 4.74 Å². The van der Waals surface area contributed by atoms with Crippen molar-refractivity contribution >= 4 is 42.6 Å². The van der Waals surface area contributed by atoms with E-state index in [4.69, 9.17) is 4.74 Å². The van der Waals surface area contributed by atoms with Crippen LogP contribution in [0.3, 0.4) is 0 Å². The Morgan fingerprint density at radius 3 is 2.26 bits per heavy atom. The number of anilines is 3. The molecule has 0 saturated carbocycles. The summed E-state index contributed by atoms with van der Waals surface area (Å²) in [5.74, 6) is 1.98. The Hall–Kier alpha value is -4.04. The van der Waals surface area contributed by atoms with Crippen LogP contribution < -0.4 is 14.1 Å². The molecule has 0 N–H and O–H groups in total. The zero-order valence-electron chi connectivity index (χ0n) is 21.7. The molecule has 0 unspecified atom stereocenters. The summed E-state index contributed by atoms with van der Waals surface area (Å²) in [7, 11) is 0. The van der Waals surface area contributed by atoms with E-state index in [1.807, 2.05) is 0 Å². The summed E-state index contributed by atoms with van der Waals surface area (Å²) >= 11 is 0.358. The van der Waals surface area contributed by atoms with Gasteiger partial charge in [0.1, 0.15) is 0 Å². The second-order valence-electron chi connectivity index (χ2n) is 10.1. The predicted octanol–water partition coefficient (Wildman–Crippen LogP) is 8.40. The molecule has 39 heavy (non-hydrogen) atoms. The molecule has 4 aromatic carbocycles. The molecule has 0 amide bonds. The first-order valence-electron chi connectivity index (χ1n) is 13.6. The zero-order valence-corrected chi connectivity index (χ0v) is 23.4. The third-order valence-electron chi connectivity index (χ3n) is 7.47. The fraction of sp³-hybridized carbons (Fsp3) is 0.111. The van der Waals surface area contributed by atoms with Crippen LogP contribution >= 0.6 is 0 Å². The molecule has 3 aliphatic rings. The van der Waals surface area contributed by atoms with Gasteiger partial charge in [0.15, 0.2) is 0 Å². The molecule has 7 rings (SSSR count). The Kier molecular flexibility index (Phi) is 6.54. The second-order valence-corrected chi connectivity index (χ2v) is 12.4. The fourth-order valence-electron chi connectivity index (χ4n) is 5.54. The number of para-hydroxylation sites is 2. The molecule has 2 aliphatic heterocycles. The fourth-order valence-corrected chi connectivity index (χ4v) is 7.60. The number of hydrogen-bond donors (Lipinski definition) is 0. The molecular formula is C36H29NOSe. The number of benzene rings is 4. The molecule has 0 radical (unpaired) electrons. The normalized spacial score (nSPS) is 16.0. The number of hydrogen-bond acceptors (Lipinski definition) is 2. The Balaban J connectivity index is 1.22. The van der Waals surface area contributed by atoms with E-state index < -0.39 is 0 Å². The summed E-state index contributed by atoms with van der Waals surface area (Å²) in [5.41, 5.74) is 8.59. The number of allylic oxidation sites excluding steroid dienone is 6. The van der Waals surface area contributed by atoms with Gasteiger partial charge in [0, 0.05) is 0 Å². The van der Waals surface area contributed by atoms with Gasteiger partial charge >= 0.3 is 201 Å². The van der Waals surface area contributed by atoms with Gasteiger partial charge in [-0.15, -0.1) is 0 Å². The molecule has 1 aliphatic carbocycles. The maximum atomic E-state index is 6.73. The van der Waals surface area contributed by atoms with Crippen molar-refractivity contribution in [3.8, 4) is 5.75 Å². The molecule has 0 bridgehead atoms. The van der Waals surface area contributed by atoms with Gasteiger partial charge in [-0.1, -0.05) is 36.4 Å². The maximum absolute atomic E-state index is 6.73. The van der Waals surface area contributed by atoms with E-state index in [0.717, 1.165) is 59.8 Å². The SMILES string of the molecule is C(=CC1=C2Oc3cc(N(c4ccccc4)c4ccccc4)ccc3C=C2CCC1)C1=CCc2ccccc2[Se]1. The van der Waals surface area contributed by atoms with Gasteiger partial charge in [-0.3, -0.25) is 0 Å². The van der Waals surface area contributed by atoms with E-state index in [2.05, 4.69) is 132 Å². The molecule has 3 heteroatoms. The third-order valence-corrected chi connectivity index (χ3v) is 9.90. The van der Waals surface area contributed by atoms with Crippen LogP contribution in [-0.2, 0) is 6.42 Å². The number of fused-ring (bicyclic) bond motifs is 3. The van der Waals surface area contributed by atoms with Crippen molar-refractivity contribution in [2.24, 2.45) is 0 Å². The van der Waals surface area contributed by atoms with Gasteiger partial charge in [-0.05, 0) is 0 Å². The van der Waals surface area contributed by atoms with Gasteiger partial charge in [0.2, 0.25) is 0 Å². The van der Waals surface area contributed by atoms with Crippen LogP contribution in [0.1, 0.15) is 30.4 Å². The van der Waals surface area contributed by atoms with Crippen LogP contribution in [0.5, 0.6) is 5.75 Å². The van der Waals surface area contributed by atoms with Crippen LogP contribution in [0.2, 0.25) is 0 Å². The number of rotatable bonds is 5. The summed E-state index contributed by atoms with van der Waals surface area (Å²) in [5, 5.41) is 0. The van der Waals surface area contributed by atoms with Gasteiger partial charge in [-0.2, -0.15) is 0 Å². The number of ether oxygens (including phenoxy) is 1. The van der Waals surface area contributed by atoms with E-state index in [1.54, 1.807) is 0 Å². The summed E-state index contributed by atoms with van der Waals surface area (Å²) in [4.78, 5) is 2.29.